The third kappa shape index (κ3) is 3.50. The van der Waals surface area contributed by atoms with E-state index in [4.69, 9.17) is 0 Å². The van der Waals surface area contributed by atoms with Crippen molar-refractivity contribution in [1.82, 2.24) is 10.4 Å². The van der Waals surface area contributed by atoms with Gasteiger partial charge in [-0.1, -0.05) is 0 Å². The fourth-order valence-electron chi connectivity index (χ4n) is 3.13. The molecule has 128 valence electrons. The number of carbonyl (C=O) groups excluding carboxylic acids is 3. The van der Waals surface area contributed by atoms with Gasteiger partial charge in [0.15, 0.2) is 0 Å². The Bertz CT molecular complexity index is 638. The topological polar surface area (TPSA) is 81.8 Å². The summed E-state index contributed by atoms with van der Waals surface area (Å²) in [5.74, 6) is -2.10. The van der Waals surface area contributed by atoms with Crippen LogP contribution in [0.3, 0.4) is 0 Å². The summed E-state index contributed by atoms with van der Waals surface area (Å²) in [5.41, 5.74) is 4.21. The zero-order valence-electron chi connectivity index (χ0n) is 13.7. The van der Waals surface area contributed by atoms with E-state index in [1.807, 2.05) is 24.3 Å². The number of hydrazine groups is 1. The Morgan fingerprint density at radius 1 is 1.17 bits per heavy atom. The van der Waals surface area contributed by atoms with E-state index < -0.39 is 11.8 Å². The molecule has 2 saturated heterocycles. The largest absolute Gasteiger partial charge is 0.372 e. The molecule has 0 saturated carbocycles. The van der Waals surface area contributed by atoms with E-state index in [1.165, 1.54) is 26.3 Å². The van der Waals surface area contributed by atoms with E-state index in [0.717, 1.165) is 23.8 Å². The lowest BCUT2D eigenvalue weighted by Gasteiger charge is -2.28. The van der Waals surface area contributed by atoms with Crippen LogP contribution >= 0.6 is 0 Å². The van der Waals surface area contributed by atoms with Crippen LogP contribution in [0.1, 0.15) is 25.7 Å². The van der Waals surface area contributed by atoms with Crippen LogP contribution in [0.4, 0.5) is 11.4 Å². The van der Waals surface area contributed by atoms with Crippen molar-refractivity contribution in [2.75, 3.05) is 30.4 Å². The van der Waals surface area contributed by atoms with Crippen LogP contribution in [0.15, 0.2) is 24.3 Å². The number of nitrogens with zero attached hydrogens (tertiary/aromatic N) is 2. The van der Waals surface area contributed by atoms with Crippen LogP contribution in [-0.2, 0) is 14.4 Å². The number of rotatable bonds is 4. The molecule has 2 fully saturated rings. The summed E-state index contributed by atoms with van der Waals surface area (Å²) in [5, 5.41) is 3.87. The van der Waals surface area contributed by atoms with Crippen molar-refractivity contribution in [2.24, 2.45) is 5.92 Å². The van der Waals surface area contributed by atoms with Crippen molar-refractivity contribution in [3.05, 3.63) is 24.3 Å². The summed E-state index contributed by atoms with van der Waals surface area (Å²) in [6, 6.07) is 7.68. The average molecular weight is 330 g/mol. The molecule has 7 heteroatoms. The second kappa shape index (κ2) is 6.90. The van der Waals surface area contributed by atoms with Crippen LogP contribution in [0.2, 0.25) is 0 Å². The van der Waals surface area contributed by atoms with E-state index in [-0.39, 0.29) is 18.2 Å². The first kappa shape index (κ1) is 16.3. The normalized spacial score (nSPS) is 21.0. The first-order valence-corrected chi connectivity index (χ1v) is 8.27. The summed E-state index contributed by atoms with van der Waals surface area (Å²) in [4.78, 5) is 37.8. The molecule has 3 rings (SSSR count). The van der Waals surface area contributed by atoms with Crippen molar-refractivity contribution in [2.45, 2.75) is 25.7 Å². The summed E-state index contributed by atoms with van der Waals surface area (Å²) in [7, 11) is 1.47. The molecule has 3 amide bonds. The highest BCUT2D eigenvalue weighted by molar-refractivity contribution is 6.08. The van der Waals surface area contributed by atoms with Crippen LogP contribution in [0.25, 0.3) is 0 Å². The van der Waals surface area contributed by atoms with Crippen LogP contribution < -0.4 is 15.6 Å². The van der Waals surface area contributed by atoms with Crippen molar-refractivity contribution in [3.63, 3.8) is 0 Å². The van der Waals surface area contributed by atoms with Gasteiger partial charge in [-0.2, -0.15) is 0 Å². The Morgan fingerprint density at radius 3 is 2.42 bits per heavy atom. The number of carbonyl (C=O) groups is 3. The van der Waals surface area contributed by atoms with Gasteiger partial charge in [0, 0.05) is 37.9 Å². The molecule has 0 aliphatic carbocycles. The molecule has 24 heavy (non-hydrogen) atoms. The third-order valence-corrected chi connectivity index (χ3v) is 4.48. The van der Waals surface area contributed by atoms with Gasteiger partial charge in [-0.25, -0.2) is 0 Å². The van der Waals surface area contributed by atoms with Gasteiger partial charge in [0.1, 0.15) is 5.92 Å². The van der Waals surface area contributed by atoms with Crippen LogP contribution in [-0.4, -0.2) is 42.9 Å². The highest BCUT2D eigenvalue weighted by Gasteiger charge is 2.38. The number of piperidine rings is 1. The molecule has 0 radical (unpaired) electrons. The monoisotopic (exact) mass is 330 g/mol. The Kier molecular flexibility index (Phi) is 4.69. The highest BCUT2D eigenvalue weighted by Crippen LogP contribution is 2.22. The molecular weight excluding hydrogens is 308 g/mol. The van der Waals surface area contributed by atoms with Gasteiger partial charge in [0.25, 0.3) is 11.8 Å². The van der Waals surface area contributed by atoms with Crippen molar-refractivity contribution >= 4 is 29.1 Å². The fourth-order valence-corrected chi connectivity index (χ4v) is 3.13. The minimum Gasteiger partial charge on any atom is -0.372 e. The summed E-state index contributed by atoms with van der Waals surface area (Å²) in [6.45, 7) is 2.14. The Labute approximate surface area is 141 Å². The maximum absolute atomic E-state index is 12.1. The second-order valence-electron chi connectivity index (χ2n) is 6.27. The Hall–Kier alpha value is -2.57. The average Bonchev–Trinajstić information content (AvgIpc) is 2.82. The Balaban J connectivity index is 1.56. The minimum absolute atomic E-state index is 0.150. The van der Waals surface area contributed by atoms with E-state index in [0.29, 0.717) is 5.69 Å². The van der Waals surface area contributed by atoms with Gasteiger partial charge >= 0.3 is 0 Å². The molecule has 1 unspecified atom stereocenters. The van der Waals surface area contributed by atoms with Gasteiger partial charge in [0.2, 0.25) is 5.91 Å². The molecule has 1 aromatic rings. The number of anilines is 2. The number of nitrogens with one attached hydrogen (secondary N) is 2. The molecule has 0 aromatic heterocycles. The molecule has 2 heterocycles. The fraction of sp³-hybridized carbons (Fsp3) is 0.471. The van der Waals surface area contributed by atoms with Gasteiger partial charge in [-0.15, -0.1) is 0 Å². The molecule has 1 aromatic carbocycles. The molecule has 2 N–H and O–H groups in total. The van der Waals surface area contributed by atoms with E-state index >= 15 is 0 Å². The molecular formula is C17H22N4O3. The number of amides is 3. The smallest absolute Gasteiger partial charge is 0.253 e. The predicted octanol–water partition coefficient (Wildman–Crippen LogP) is 1.12. The summed E-state index contributed by atoms with van der Waals surface area (Å²) >= 11 is 0. The van der Waals surface area contributed by atoms with Crippen molar-refractivity contribution in [1.29, 1.82) is 0 Å². The lowest BCUT2D eigenvalue weighted by Crippen LogP contribution is -2.31. The maximum atomic E-state index is 12.1. The Morgan fingerprint density at radius 2 is 1.83 bits per heavy atom. The first-order valence-electron chi connectivity index (χ1n) is 8.27. The van der Waals surface area contributed by atoms with Gasteiger partial charge in [0.05, 0.1) is 0 Å². The van der Waals surface area contributed by atoms with E-state index in [2.05, 4.69) is 15.6 Å². The molecule has 2 aliphatic heterocycles. The SMILES string of the molecule is CN1NC(=O)C(CC(=O)Nc2ccc(N3CCCCC3)cc2)C1=O. The third-order valence-electron chi connectivity index (χ3n) is 4.48. The van der Waals surface area contributed by atoms with Gasteiger partial charge < -0.3 is 10.2 Å². The predicted molar refractivity (Wildman–Crippen MR) is 90.2 cm³/mol. The van der Waals surface area contributed by atoms with Gasteiger partial charge in [-0.05, 0) is 43.5 Å². The van der Waals surface area contributed by atoms with Crippen LogP contribution in [0.5, 0.6) is 0 Å². The number of hydrogen-bond acceptors (Lipinski definition) is 4. The zero-order valence-corrected chi connectivity index (χ0v) is 13.7. The number of hydrogen-bond donors (Lipinski definition) is 2. The maximum Gasteiger partial charge on any atom is 0.253 e. The summed E-state index contributed by atoms with van der Waals surface area (Å²) < 4.78 is 0. The van der Waals surface area contributed by atoms with Crippen molar-refractivity contribution in [3.8, 4) is 0 Å². The lowest BCUT2D eigenvalue weighted by atomic mass is 10.0. The van der Waals surface area contributed by atoms with E-state index in [9.17, 15) is 14.4 Å². The van der Waals surface area contributed by atoms with Crippen LogP contribution in [0, 0.1) is 5.92 Å². The quantitative estimate of drug-likeness (QED) is 0.811. The van der Waals surface area contributed by atoms with Crippen molar-refractivity contribution < 1.29 is 14.4 Å². The highest BCUT2D eigenvalue weighted by atomic mass is 16.2. The molecule has 0 bridgehead atoms. The van der Waals surface area contributed by atoms with E-state index in [1.54, 1.807) is 0 Å². The van der Waals surface area contributed by atoms with Gasteiger partial charge in [-0.3, -0.25) is 24.8 Å². The minimum atomic E-state index is -0.942. The lowest BCUT2D eigenvalue weighted by molar-refractivity contribution is -0.134. The zero-order chi connectivity index (χ0) is 17.1. The molecule has 7 nitrogen and oxygen atoms in total. The first-order chi connectivity index (χ1) is 11.5. The standard InChI is InChI=1S/C17H22N4O3/c1-20-17(24)14(16(23)19-20)11-15(22)18-12-5-7-13(8-6-12)21-9-3-2-4-10-21/h5-8,14H,2-4,9-11H2,1H3,(H,18,22)(H,19,23). The number of benzene rings is 1. The molecule has 2 aliphatic rings. The summed E-state index contributed by atoms with van der Waals surface area (Å²) in [6.07, 6.45) is 3.56. The molecule has 1 atom stereocenters. The second-order valence-corrected chi connectivity index (χ2v) is 6.27. The molecule has 0 spiro atoms.